The van der Waals surface area contributed by atoms with Crippen LogP contribution in [-0.4, -0.2) is 35.7 Å². The highest BCUT2D eigenvalue weighted by atomic mass is 127. The van der Waals surface area contributed by atoms with Gasteiger partial charge in [0.15, 0.2) is 11.7 Å². The van der Waals surface area contributed by atoms with Gasteiger partial charge in [0.05, 0.1) is 18.8 Å². The molecule has 0 spiro atoms. The van der Waals surface area contributed by atoms with Crippen molar-refractivity contribution >= 4 is 35.8 Å². The first-order chi connectivity index (χ1) is 13.2. The lowest BCUT2D eigenvalue weighted by atomic mass is 10.1. The van der Waals surface area contributed by atoms with Gasteiger partial charge in [-0.15, -0.1) is 24.0 Å². The number of aliphatic imine (C=N–C) groups is 1. The molecule has 3 rings (SSSR count). The van der Waals surface area contributed by atoms with E-state index in [1.165, 1.54) is 12.8 Å². The molecule has 0 aromatic carbocycles. The van der Waals surface area contributed by atoms with E-state index in [0.29, 0.717) is 19.0 Å². The van der Waals surface area contributed by atoms with Gasteiger partial charge in [0, 0.05) is 31.9 Å². The molecular weight excluding hydrogens is 467 g/mol. The van der Waals surface area contributed by atoms with E-state index in [9.17, 15) is 0 Å². The Morgan fingerprint density at radius 1 is 1.25 bits per heavy atom. The van der Waals surface area contributed by atoms with Gasteiger partial charge in [-0.3, -0.25) is 0 Å². The van der Waals surface area contributed by atoms with Crippen LogP contribution in [0.25, 0.3) is 0 Å². The van der Waals surface area contributed by atoms with E-state index >= 15 is 0 Å². The smallest absolute Gasteiger partial charge is 0.191 e. The second-order valence-electron chi connectivity index (χ2n) is 7.14. The fraction of sp³-hybridized carbons (Fsp3) is 0.550. The highest BCUT2D eigenvalue weighted by Crippen LogP contribution is 2.19. The molecule has 2 aromatic heterocycles. The van der Waals surface area contributed by atoms with Crippen molar-refractivity contribution in [1.29, 1.82) is 0 Å². The Balaban J connectivity index is 0.00000280. The number of halogens is 1. The maximum atomic E-state index is 5.38. The summed E-state index contributed by atoms with van der Waals surface area (Å²) in [7, 11) is 0. The highest BCUT2D eigenvalue weighted by Gasteiger charge is 2.13. The zero-order valence-corrected chi connectivity index (χ0v) is 19.3. The molecule has 3 heterocycles. The Labute approximate surface area is 184 Å². The Bertz CT molecular complexity index is 755. The molecule has 0 amide bonds. The van der Waals surface area contributed by atoms with Gasteiger partial charge >= 0.3 is 0 Å². The van der Waals surface area contributed by atoms with E-state index < -0.39 is 0 Å². The molecule has 8 heteroatoms. The minimum absolute atomic E-state index is 0. The van der Waals surface area contributed by atoms with Crippen LogP contribution in [-0.2, 0) is 13.1 Å². The van der Waals surface area contributed by atoms with Gasteiger partial charge in [0.1, 0.15) is 5.82 Å². The predicted octanol–water partition coefficient (Wildman–Crippen LogP) is 3.67. The number of pyridine rings is 1. The zero-order valence-electron chi connectivity index (χ0n) is 16.9. The molecule has 0 saturated carbocycles. The summed E-state index contributed by atoms with van der Waals surface area (Å²) in [5.41, 5.74) is 2.13. The number of hydrogen-bond acceptors (Lipinski definition) is 5. The first-order valence-corrected chi connectivity index (χ1v) is 9.83. The van der Waals surface area contributed by atoms with Crippen LogP contribution in [0.1, 0.15) is 56.5 Å². The summed E-state index contributed by atoms with van der Waals surface area (Å²) in [6.45, 7) is 10.4. The van der Waals surface area contributed by atoms with Gasteiger partial charge in [0.2, 0.25) is 0 Å². The van der Waals surface area contributed by atoms with Gasteiger partial charge in [-0.1, -0.05) is 19.0 Å². The van der Waals surface area contributed by atoms with Crippen molar-refractivity contribution in [3.05, 3.63) is 41.4 Å². The van der Waals surface area contributed by atoms with E-state index in [0.717, 1.165) is 48.4 Å². The summed E-state index contributed by atoms with van der Waals surface area (Å²) in [5.74, 6) is 2.99. The van der Waals surface area contributed by atoms with Crippen molar-refractivity contribution in [1.82, 2.24) is 20.8 Å². The van der Waals surface area contributed by atoms with Crippen molar-refractivity contribution < 1.29 is 4.52 Å². The Morgan fingerprint density at radius 2 is 2.04 bits per heavy atom. The van der Waals surface area contributed by atoms with Crippen molar-refractivity contribution in [3.63, 3.8) is 0 Å². The summed E-state index contributed by atoms with van der Waals surface area (Å²) in [6, 6.07) is 6.16. The molecule has 0 atom stereocenters. The van der Waals surface area contributed by atoms with Crippen LogP contribution in [0.5, 0.6) is 0 Å². The fourth-order valence-electron chi connectivity index (χ4n) is 3.05. The second-order valence-corrected chi connectivity index (χ2v) is 7.14. The topological polar surface area (TPSA) is 78.6 Å². The van der Waals surface area contributed by atoms with E-state index in [4.69, 9.17) is 9.52 Å². The molecule has 1 saturated heterocycles. The summed E-state index contributed by atoms with van der Waals surface area (Å²) in [4.78, 5) is 11.5. The van der Waals surface area contributed by atoms with Gasteiger partial charge in [-0.25, -0.2) is 9.98 Å². The first kappa shape index (κ1) is 22.4. The summed E-state index contributed by atoms with van der Waals surface area (Å²) < 4.78 is 5.38. The van der Waals surface area contributed by atoms with Crippen molar-refractivity contribution in [3.8, 4) is 0 Å². The Kier molecular flexibility index (Phi) is 9.01. The maximum absolute atomic E-state index is 5.38. The lowest BCUT2D eigenvalue weighted by Crippen LogP contribution is -2.36. The number of hydrogen-bond donors (Lipinski definition) is 2. The van der Waals surface area contributed by atoms with Crippen LogP contribution in [0.2, 0.25) is 0 Å². The molecule has 0 unspecified atom stereocenters. The SMILES string of the molecule is CCNC(=NCc1ccnc(N2CCCC2)c1)NCc1cc(C(C)C)no1.I. The quantitative estimate of drug-likeness (QED) is 0.345. The van der Waals surface area contributed by atoms with E-state index in [2.05, 4.69) is 52.5 Å². The molecule has 1 fully saturated rings. The third-order valence-corrected chi connectivity index (χ3v) is 4.60. The standard InChI is InChI=1S/C20H30N6O.HI/c1-4-21-20(24-14-17-12-18(15(2)3)25-27-17)23-13-16-7-8-22-19(11-16)26-9-5-6-10-26;/h7-8,11-12,15H,4-6,9-10,13-14H2,1-3H3,(H2,21,23,24);1H. The highest BCUT2D eigenvalue weighted by molar-refractivity contribution is 14.0. The van der Waals surface area contributed by atoms with E-state index in [-0.39, 0.29) is 24.0 Å². The average molecular weight is 498 g/mol. The minimum atomic E-state index is 0. The number of anilines is 1. The fourth-order valence-corrected chi connectivity index (χ4v) is 3.05. The molecule has 1 aliphatic heterocycles. The molecule has 0 radical (unpaired) electrons. The van der Waals surface area contributed by atoms with Crippen molar-refractivity contribution in [2.24, 2.45) is 4.99 Å². The summed E-state index contributed by atoms with van der Waals surface area (Å²) in [6.07, 6.45) is 4.37. The summed E-state index contributed by atoms with van der Waals surface area (Å²) >= 11 is 0. The van der Waals surface area contributed by atoms with Crippen LogP contribution in [0, 0.1) is 0 Å². The van der Waals surface area contributed by atoms with Crippen LogP contribution in [0.4, 0.5) is 5.82 Å². The number of nitrogens with one attached hydrogen (secondary N) is 2. The molecule has 1 aliphatic rings. The Hall–Kier alpha value is -1.84. The molecule has 154 valence electrons. The van der Waals surface area contributed by atoms with Crippen molar-refractivity contribution in [2.75, 3.05) is 24.5 Å². The summed E-state index contributed by atoms with van der Waals surface area (Å²) in [5, 5.41) is 10.7. The number of guanidine groups is 1. The molecule has 7 nitrogen and oxygen atoms in total. The van der Waals surface area contributed by atoms with Crippen LogP contribution in [0.15, 0.2) is 33.9 Å². The molecule has 28 heavy (non-hydrogen) atoms. The van der Waals surface area contributed by atoms with Crippen LogP contribution < -0.4 is 15.5 Å². The molecule has 0 bridgehead atoms. The van der Waals surface area contributed by atoms with Gasteiger partial charge in [-0.2, -0.15) is 0 Å². The molecule has 2 aromatic rings. The lowest BCUT2D eigenvalue weighted by Gasteiger charge is -2.16. The monoisotopic (exact) mass is 498 g/mol. The van der Waals surface area contributed by atoms with Crippen LogP contribution >= 0.6 is 24.0 Å². The predicted molar refractivity (Wildman–Crippen MR) is 123 cm³/mol. The third-order valence-electron chi connectivity index (χ3n) is 4.60. The maximum Gasteiger partial charge on any atom is 0.191 e. The largest absolute Gasteiger partial charge is 0.359 e. The van der Waals surface area contributed by atoms with Crippen LogP contribution in [0.3, 0.4) is 0 Å². The minimum Gasteiger partial charge on any atom is -0.359 e. The zero-order chi connectivity index (χ0) is 19.1. The molecule has 0 aliphatic carbocycles. The first-order valence-electron chi connectivity index (χ1n) is 9.83. The van der Waals surface area contributed by atoms with Gasteiger partial charge in [-0.05, 0) is 43.4 Å². The van der Waals surface area contributed by atoms with Gasteiger partial charge in [0.25, 0.3) is 0 Å². The number of rotatable bonds is 7. The third kappa shape index (κ3) is 6.35. The Morgan fingerprint density at radius 3 is 2.71 bits per heavy atom. The van der Waals surface area contributed by atoms with Crippen molar-refractivity contribution in [2.45, 2.75) is 52.6 Å². The van der Waals surface area contributed by atoms with E-state index in [1.807, 2.05) is 18.3 Å². The number of nitrogens with zero attached hydrogens (tertiary/aromatic N) is 4. The normalized spacial score (nSPS) is 14.3. The van der Waals surface area contributed by atoms with E-state index in [1.54, 1.807) is 0 Å². The average Bonchev–Trinajstić information content (AvgIpc) is 3.36. The lowest BCUT2D eigenvalue weighted by molar-refractivity contribution is 0.372. The number of aromatic nitrogens is 2. The molecule has 2 N–H and O–H groups in total. The molecular formula is C20H31IN6O. The second kappa shape index (κ2) is 11.2. The van der Waals surface area contributed by atoms with Gasteiger partial charge < -0.3 is 20.1 Å².